The fourth-order valence-electron chi connectivity index (χ4n) is 2.29. The molecule has 1 aliphatic rings. The molecule has 0 aromatic heterocycles. The largest absolute Gasteiger partial charge is 0.493 e. The van der Waals surface area contributed by atoms with Crippen molar-refractivity contribution < 1.29 is 14.3 Å². The number of carbonyl (C=O) groups is 1. The number of hydrogen-bond acceptors (Lipinski definition) is 3. The van der Waals surface area contributed by atoms with Crippen molar-refractivity contribution in [3.05, 3.63) is 22.7 Å². The predicted octanol–water partition coefficient (Wildman–Crippen LogP) is 3.37. The van der Waals surface area contributed by atoms with E-state index in [4.69, 9.17) is 21.1 Å². The van der Waals surface area contributed by atoms with Crippen molar-refractivity contribution in [2.45, 2.75) is 26.2 Å². The normalized spacial score (nSPS) is 14.4. The summed E-state index contributed by atoms with van der Waals surface area (Å²) in [4.78, 5) is 14.2. The summed E-state index contributed by atoms with van der Waals surface area (Å²) in [5.41, 5.74) is 0.553. The maximum absolute atomic E-state index is 12.4. The fraction of sp³-hybridized carbons (Fsp3) is 0.533. The standard InChI is InChI=1S/C15H20ClNO3/c1-3-8-20-14-12(16)9-11(10-13(14)19-2)15(18)17-6-4-5-7-17/h9-10H,3-8H2,1-2H3. The van der Waals surface area contributed by atoms with Gasteiger partial charge < -0.3 is 14.4 Å². The summed E-state index contributed by atoms with van der Waals surface area (Å²) >= 11 is 6.22. The van der Waals surface area contributed by atoms with Gasteiger partial charge in [0.1, 0.15) is 0 Å². The van der Waals surface area contributed by atoms with E-state index in [0.717, 1.165) is 32.4 Å². The van der Waals surface area contributed by atoms with Gasteiger partial charge in [-0.2, -0.15) is 0 Å². The first-order valence-electron chi connectivity index (χ1n) is 6.97. The molecule has 0 bridgehead atoms. The minimum absolute atomic E-state index is 0.00439. The van der Waals surface area contributed by atoms with E-state index >= 15 is 0 Å². The number of rotatable bonds is 5. The van der Waals surface area contributed by atoms with Gasteiger partial charge in [0, 0.05) is 18.7 Å². The molecule has 1 aromatic carbocycles. The number of carbonyl (C=O) groups excluding carboxylic acids is 1. The van der Waals surface area contributed by atoms with E-state index in [1.165, 1.54) is 0 Å². The van der Waals surface area contributed by atoms with Gasteiger partial charge in [0.2, 0.25) is 0 Å². The molecule has 0 atom stereocenters. The van der Waals surface area contributed by atoms with Crippen LogP contribution in [0, 0.1) is 0 Å². The lowest BCUT2D eigenvalue weighted by Crippen LogP contribution is -2.27. The summed E-state index contributed by atoms with van der Waals surface area (Å²) in [6.07, 6.45) is 3.01. The number of nitrogens with zero attached hydrogens (tertiary/aromatic N) is 1. The summed E-state index contributed by atoms with van der Waals surface area (Å²) in [5, 5.41) is 0.417. The van der Waals surface area contributed by atoms with E-state index in [1.807, 2.05) is 11.8 Å². The Hall–Kier alpha value is -1.42. The van der Waals surface area contributed by atoms with Crippen LogP contribution in [0.2, 0.25) is 5.02 Å². The van der Waals surface area contributed by atoms with E-state index in [1.54, 1.807) is 19.2 Å². The summed E-state index contributed by atoms with van der Waals surface area (Å²) in [6, 6.07) is 3.37. The first-order valence-corrected chi connectivity index (χ1v) is 7.34. The fourth-order valence-corrected chi connectivity index (χ4v) is 2.56. The molecule has 5 heteroatoms. The molecule has 1 aromatic rings. The zero-order valence-electron chi connectivity index (χ0n) is 11.9. The molecule has 1 aliphatic heterocycles. The molecule has 0 aliphatic carbocycles. The van der Waals surface area contributed by atoms with Gasteiger partial charge >= 0.3 is 0 Å². The van der Waals surface area contributed by atoms with E-state index in [2.05, 4.69) is 0 Å². The summed E-state index contributed by atoms with van der Waals surface area (Å²) < 4.78 is 10.9. The molecule has 4 nitrogen and oxygen atoms in total. The van der Waals surface area contributed by atoms with E-state index in [0.29, 0.717) is 28.7 Å². The van der Waals surface area contributed by atoms with Gasteiger partial charge in [-0.1, -0.05) is 18.5 Å². The minimum atomic E-state index is 0.00439. The zero-order chi connectivity index (χ0) is 14.5. The first kappa shape index (κ1) is 15.0. The number of benzene rings is 1. The Labute approximate surface area is 124 Å². The van der Waals surface area contributed by atoms with Crippen molar-refractivity contribution in [1.82, 2.24) is 4.90 Å². The van der Waals surface area contributed by atoms with Gasteiger partial charge in [-0.15, -0.1) is 0 Å². The van der Waals surface area contributed by atoms with Crippen LogP contribution in [0.15, 0.2) is 12.1 Å². The van der Waals surface area contributed by atoms with Crippen LogP contribution >= 0.6 is 11.6 Å². The second-order valence-electron chi connectivity index (χ2n) is 4.84. The van der Waals surface area contributed by atoms with Crippen molar-refractivity contribution in [2.24, 2.45) is 0 Å². The Morgan fingerprint density at radius 2 is 2.05 bits per heavy atom. The van der Waals surface area contributed by atoms with Crippen LogP contribution in [0.1, 0.15) is 36.5 Å². The van der Waals surface area contributed by atoms with E-state index < -0.39 is 0 Å². The van der Waals surface area contributed by atoms with Crippen LogP contribution in [0.3, 0.4) is 0 Å². The van der Waals surface area contributed by atoms with Crippen LogP contribution < -0.4 is 9.47 Å². The van der Waals surface area contributed by atoms with Crippen LogP contribution in [0.4, 0.5) is 0 Å². The third kappa shape index (κ3) is 3.18. The Kier molecular flexibility index (Phi) is 5.12. The van der Waals surface area contributed by atoms with Crippen LogP contribution in [0.25, 0.3) is 0 Å². The number of methoxy groups -OCH3 is 1. The van der Waals surface area contributed by atoms with Gasteiger partial charge in [-0.3, -0.25) is 4.79 Å². The molecule has 0 radical (unpaired) electrons. The number of hydrogen-bond donors (Lipinski definition) is 0. The van der Waals surface area contributed by atoms with Crippen molar-refractivity contribution >= 4 is 17.5 Å². The van der Waals surface area contributed by atoms with Crippen molar-refractivity contribution in [1.29, 1.82) is 0 Å². The summed E-state index contributed by atoms with van der Waals surface area (Å²) in [6.45, 7) is 4.21. The van der Waals surface area contributed by atoms with Crippen LogP contribution in [-0.4, -0.2) is 37.6 Å². The zero-order valence-corrected chi connectivity index (χ0v) is 12.7. The highest BCUT2D eigenvalue weighted by molar-refractivity contribution is 6.32. The summed E-state index contributed by atoms with van der Waals surface area (Å²) in [7, 11) is 1.55. The molecule has 1 heterocycles. The monoisotopic (exact) mass is 297 g/mol. The number of likely N-dealkylation sites (tertiary alicyclic amines) is 1. The summed E-state index contributed by atoms with van der Waals surface area (Å²) in [5.74, 6) is 1.02. The van der Waals surface area contributed by atoms with Crippen molar-refractivity contribution in [2.75, 3.05) is 26.8 Å². The smallest absolute Gasteiger partial charge is 0.254 e. The Morgan fingerprint density at radius 1 is 1.35 bits per heavy atom. The highest BCUT2D eigenvalue weighted by Crippen LogP contribution is 2.37. The molecule has 110 valence electrons. The predicted molar refractivity (Wildman–Crippen MR) is 78.9 cm³/mol. The van der Waals surface area contributed by atoms with Crippen LogP contribution in [-0.2, 0) is 0 Å². The molecule has 1 fully saturated rings. The second-order valence-corrected chi connectivity index (χ2v) is 5.24. The van der Waals surface area contributed by atoms with Crippen LogP contribution in [0.5, 0.6) is 11.5 Å². The van der Waals surface area contributed by atoms with Crippen molar-refractivity contribution in [3.63, 3.8) is 0 Å². The lowest BCUT2D eigenvalue weighted by atomic mass is 10.1. The minimum Gasteiger partial charge on any atom is -0.493 e. The molecule has 0 saturated carbocycles. The highest BCUT2D eigenvalue weighted by atomic mass is 35.5. The maximum atomic E-state index is 12.4. The highest BCUT2D eigenvalue weighted by Gasteiger charge is 2.22. The Balaban J connectivity index is 2.26. The molecule has 20 heavy (non-hydrogen) atoms. The lowest BCUT2D eigenvalue weighted by molar-refractivity contribution is 0.0792. The topological polar surface area (TPSA) is 38.8 Å². The van der Waals surface area contributed by atoms with Gasteiger partial charge in [0.25, 0.3) is 5.91 Å². The average molecular weight is 298 g/mol. The third-order valence-corrected chi connectivity index (χ3v) is 3.60. The molecule has 0 N–H and O–H groups in total. The molecular formula is C15H20ClNO3. The molecule has 2 rings (SSSR count). The maximum Gasteiger partial charge on any atom is 0.254 e. The molecule has 0 unspecified atom stereocenters. The third-order valence-electron chi connectivity index (χ3n) is 3.32. The Bertz CT molecular complexity index is 484. The quantitative estimate of drug-likeness (QED) is 0.836. The van der Waals surface area contributed by atoms with E-state index in [9.17, 15) is 4.79 Å². The lowest BCUT2D eigenvalue weighted by Gasteiger charge is -2.18. The van der Waals surface area contributed by atoms with Gasteiger partial charge in [-0.05, 0) is 31.4 Å². The molecular weight excluding hydrogens is 278 g/mol. The SMILES string of the molecule is CCCOc1c(Cl)cc(C(=O)N2CCCC2)cc1OC. The average Bonchev–Trinajstić information content (AvgIpc) is 2.98. The number of ether oxygens (including phenoxy) is 2. The van der Waals surface area contributed by atoms with E-state index in [-0.39, 0.29) is 5.91 Å². The van der Waals surface area contributed by atoms with Gasteiger partial charge in [0.15, 0.2) is 11.5 Å². The first-order chi connectivity index (χ1) is 9.67. The number of amides is 1. The second kappa shape index (κ2) is 6.84. The molecule has 1 saturated heterocycles. The van der Waals surface area contributed by atoms with Gasteiger partial charge in [0.05, 0.1) is 18.7 Å². The Morgan fingerprint density at radius 3 is 2.65 bits per heavy atom. The molecule has 0 spiro atoms. The molecule has 1 amide bonds. The van der Waals surface area contributed by atoms with Gasteiger partial charge in [-0.25, -0.2) is 0 Å². The number of halogens is 1. The van der Waals surface area contributed by atoms with Crippen molar-refractivity contribution in [3.8, 4) is 11.5 Å².